The van der Waals surface area contributed by atoms with Crippen molar-refractivity contribution < 1.29 is 4.39 Å². The second kappa shape index (κ2) is 5.16. The molecule has 0 amide bonds. The highest BCUT2D eigenvalue weighted by Gasteiger charge is 2.12. The number of fused-ring (bicyclic) bond motifs is 1. The molecule has 0 aliphatic heterocycles. The van der Waals surface area contributed by atoms with E-state index < -0.39 is 0 Å². The van der Waals surface area contributed by atoms with Crippen molar-refractivity contribution in [2.24, 2.45) is 0 Å². The van der Waals surface area contributed by atoms with Gasteiger partial charge in [-0.15, -0.1) is 0 Å². The number of H-pyrrole nitrogens is 1. The fourth-order valence-electron chi connectivity index (χ4n) is 1.92. The van der Waals surface area contributed by atoms with E-state index in [-0.39, 0.29) is 11.7 Å². The summed E-state index contributed by atoms with van der Waals surface area (Å²) in [6.07, 6.45) is 1.56. The van der Waals surface area contributed by atoms with Gasteiger partial charge in [-0.2, -0.15) is 4.37 Å². The zero-order valence-electron chi connectivity index (χ0n) is 11.1. The van der Waals surface area contributed by atoms with E-state index in [4.69, 9.17) is 0 Å². The van der Waals surface area contributed by atoms with E-state index in [0.29, 0.717) is 22.8 Å². The minimum Gasteiger partial charge on any atom is -0.356 e. The molecule has 5 nitrogen and oxygen atoms in total. The Morgan fingerprint density at radius 3 is 3.00 bits per heavy atom. The molecular weight excluding hydrogens is 277 g/mol. The third kappa shape index (κ3) is 2.36. The second-order valence-electron chi connectivity index (χ2n) is 4.79. The van der Waals surface area contributed by atoms with Crippen LogP contribution in [0.4, 0.5) is 9.52 Å². The quantitative estimate of drug-likeness (QED) is 0.774. The molecule has 0 radical (unpaired) electrons. The van der Waals surface area contributed by atoms with Crippen LogP contribution < -0.4 is 5.32 Å². The van der Waals surface area contributed by atoms with Crippen molar-refractivity contribution in [2.75, 3.05) is 5.32 Å². The Labute approximate surface area is 119 Å². The summed E-state index contributed by atoms with van der Waals surface area (Å²) in [5.41, 5.74) is 2.00. The van der Waals surface area contributed by atoms with Crippen LogP contribution in [-0.2, 0) is 6.54 Å². The number of hydrogen-bond donors (Lipinski definition) is 2. The first-order valence-corrected chi connectivity index (χ1v) is 7.10. The first kappa shape index (κ1) is 13.0. The maximum absolute atomic E-state index is 13.9. The molecular formula is C13H14FN5S. The maximum atomic E-state index is 13.9. The largest absolute Gasteiger partial charge is 0.356 e. The SMILES string of the molecule is CC(C)c1nsc(NCc2c(F)ccc3[nH]cnc23)n1. The maximum Gasteiger partial charge on any atom is 0.202 e. The standard InChI is InChI=1S/C13H14FN5S/c1-7(2)12-18-13(20-19-12)15-5-8-9(14)3-4-10-11(8)17-6-16-10/h3-4,6-7H,5H2,1-2H3,(H,16,17)(H,15,18,19). The summed E-state index contributed by atoms with van der Waals surface area (Å²) >= 11 is 1.29. The van der Waals surface area contributed by atoms with E-state index in [1.54, 1.807) is 12.4 Å². The average Bonchev–Trinajstić information content (AvgIpc) is 3.05. The highest BCUT2D eigenvalue weighted by molar-refractivity contribution is 7.09. The number of hydrogen-bond acceptors (Lipinski definition) is 5. The van der Waals surface area contributed by atoms with Gasteiger partial charge in [-0.1, -0.05) is 13.8 Å². The monoisotopic (exact) mass is 291 g/mol. The molecule has 2 heterocycles. The number of rotatable bonds is 4. The van der Waals surface area contributed by atoms with Crippen LogP contribution in [0.15, 0.2) is 18.5 Å². The first-order valence-electron chi connectivity index (χ1n) is 6.33. The van der Waals surface area contributed by atoms with Gasteiger partial charge in [-0.3, -0.25) is 0 Å². The van der Waals surface area contributed by atoms with Gasteiger partial charge >= 0.3 is 0 Å². The van der Waals surface area contributed by atoms with Gasteiger partial charge in [-0.25, -0.2) is 14.4 Å². The molecule has 104 valence electrons. The topological polar surface area (TPSA) is 66.5 Å². The van der Waals surface area contributed by atoms with Crippen molar-refractivity contribution in [1.29, 1.82) is 0 Å². The molecule has 3 aromatic rings. The molecule has 0 bridgehead atoms. The average molecular weight is 291 g/mol. The van der Waals surface area contributed by atoms with Gasteiger partial charge in [0, 0.05) is 29.6 Å². The third-order valence-corrected chi connectivity index (χ3v) is 3.70. The van der Waals surface area contributed by atoms with Crippen LogP contribution in [0.1, 0.15) is 31.2 Å². The molecule has 1 aromatic carbocycles. The van der Waals surface area contributed by atoms with Crippen LogP contribution in [0.3, 0.4) is 0 Å². The molecule has 0 saturated heterocycles. The number of benzene rings is 1. The summed E-state index contributed by atoms with van der Waals surface area (Å²) in [6, 6.07) is 3.13. The van der Waals surface area contributed by atoms with Gasteiger partial charge in [0.05, 0.1) is 17.4 Å². The van der Waals surface area contributed by atoms with Crippen LogP contribution in [0.2, 0.25) is 0 Å². The van der Waals surface area contributed by atoms with Crippen molar-refractivity contribution in [2.45, 2.75) is 26.3 Å². The Balaban J connectivity index is 1.82. The van der Waals surface area contributed by atoms with Gasteiger partial charge in [-0.05, 0) is 12.1 Å². The van der Waals surface area contributed by atoms with Gasteiger partial charge in [0.15, 0.2) is 0 Å². The lowest BCUT2D eigenvalue weighted by Crippen LogP contribution is -2.03. The Morgan fingerprint density at radius 1 is 1.40 bits per heavy atom. The van der Waals surface area contributed by atoms with Crippen LogP contribution >= 0.6 is 11.5 Å². The first-order chi connectivity index (χ1) is 9.65. The lowest BCUT2D eigenvalue weighted by atomic mass is 10.1. The smallest absolute Gasteiger partial charge is 0.202 e. The molecule has 0 aliphatic carbocycles. The van der Waals surface area contributed by atoms with Crippen LogP contribution in [-0.4, -0.2) is 19.3 Å². The molecule has 0 atom stereocenters. The predicted octanol–water partition coefficient (Wildman–Crippen LogP) is 3.29. The Hall–Kier alpha value is -2.02. The molecule has 0 spiro atoms. The molecule has 0 aliphatic rings. The lowest BCUT2D eigenvalue weighted by molar-refractivity contribution is 0.615. The summed E-state index contributed by atoms with van der Waals surface area (Å²) in [4.78, 5) is 11.5. The zero-order valence-corrected chi connectivity index (χ0v) is 12.0. The van der Waals surface area contributed by atoms with Gasteiger partial charge in [0.2, 0.25) is 5.13 Å². The van der Waals surface area contributed by atoms with Crippen molar-refractivity contribution in [1.82, 2.24) is 19.3 Å². The third-order valence-electron chi connectivity index (χ3n) is 3.01. The van der Waals surface area contributed by atoms with E-state index in [1.807, 2.05) is 13.8 Å². The number of aromatic nitrogens is 4. The van der Waals surface area contributed by atoms with Gasteiger partial charge in [0.1, 0.15) is 11.6 Å². The lowest BCUT2D eigenvalue weighted by Gasteiger charge is -2.05. The number of nitrogens with one attached hydrogen (secondary N) is 2. The van der Waals surface area contributed by atoms with Crippen molar-refractivity contribution >= 4 is 27.7 Å². The minimum atomic E-state index is -0.273. The molecule has 3 rings (SSSR count). The van der Waals surface area contributed by atoms with Crippen molar-refractivity contribution in [3.05, 3.63) is 35.7 Å². The number of anilines is 1. The molecule has 20 heavy (non-hydrogen) atoms. The Bertz CT molecular complexity index is 733. The Kier molecular flexibility index (Phi) is 3.35. The Morgan fingerprint density at radius 2 is 2.25 bits per heavy atom. The highest BCUT2D eigenvalue weighted by atomic mass is 32.1. The number of nitrogens with zero attached hydrogens (tertiary/aromatic N) is 3. The van der Waals surface area contributed by atoms with Crippen molar-refractivity contribution in [3.63, 3.8) is 0 Å². The molecule has 0 fully saturated rings. The van der Waals surface area contributed by atoms with E-state index in [2.05, 4.69) is 24.6 Å². The molecule has 0 unspecified atom stereocenters. The molecule has 0 saturated carbocycles. The van der Waals surface area contributed by atoms with E-state index in [9.17, 15) is 4.39 Å². The van der Waals surface area contributed by atoms with Gasteiger partial charge < -0.3 is 10.3 Å². The predicted molar refractivity (Wildman–Crippen MR) is 77.4 cm³/mol. The van der Waals surface area contributed by atoms with Crippen LogP contribution in [0.5, 0.6) is 0 Å². The van der Waals surface area contributed by atoms with Gasteiger partial charge in [0.25, 0.3) is 0 Å². The normalized spacial score (nSPS) is 11.4. The molecule has 7 heteroatoms. The van der Waals surface area contributed by atoms with Crippen molar-refractivity contribution in [3.8, 4) is 0 Å². The summed E-state index contributed by atoms with van der Waals surface area (Å²) in [5.74, 6) is 0.815. The minimum absolute atomic E-state index is 0.273. The fraction of sp³-hybridized carbons (Fsp3) is 0.308. The molecule has 2 aromatic heterocycles. The van der Waals surface area contributed by atoms with E-state index in [1.165, 1.54) is 17.6 Å². The van der Waals surface area contributed by atoms with E-state index >= 15 is 0 Å². The zero-order chi connectivity index (χ0) is 14.1. The van der Waals surface area contributed by atoms with Crippen LogP contribution in [0.25, 0.3) is 11.0 Å². The van der Waals surface area contributed by atoms with E-state index in [0.717, 1.165) is 11.3 Å². The highest BCUT2D eigenvalue weighted by Crippen LogP contribution is 2.22. The fourth-order valence-corrected chi connectivity index (χ4v) is 2.62. The summed E-state index contributed by atoms with van der Waals surface area (Å²) < 4.78 is 18.2. The number of imidazole rings is 1. The second-order valence-corrected chi connectivity index (χ2v) is 5.54. The number of halogens is 1. The summed E-state index contributed by atoms with van der Waals surface area (Å²) in [6.45, 7) is 4.41. The summed E-state index contributed by atoms with van der Waals surface area (Å²) in [5, 5.41) is 3.81. The molecule has 2 N–H and O–H groups in total. The summed E-state index contributed by atoms with van der Waals surface area (Å²) in [7, 11) is 0. The van der Waals surface area contributed by atoms with Crippen LogP contribution in [0, 0.1) is 5.82 Å². The number of aromatic amines is 1.